The molecule has 8 nitrogen and oxygen atoms in total. The zero-order chi connectivity index (χ0) is 29.9. The van der Waals surface area contributed by atoms with E-state index in [9.17, 15) is 30.7 Å². The van der Waals surface area contributed by atoms with Crippen LogP contribution in [0.3, 0.4) is 0 Å². The van der Waals surface area contributed by atoms with Crippen molar-refractivity contribution in [1.82, 2.24) is 19.4 Å². The summed E-state index contributed by atoms with van der Waals surface area (Å²) in [7, 11) is 2.25. The van der Waals surface area contributed by atoms with Gasteiger partial charge >= 0.3 is 24.3 Å². The Morgan fingerprint density at radius 3 is 2.00 bits per heavy atom. The lowest BCUT2D eigenvalue weighted by molar-refractivity contribution is -0.193. The molecule has 1 spiro atoms. The molecule has 0 amide bonds. The van der Waals surface area contributed by atoms with Gasteiger partial charge in [-0.3, -0.25) is 4.90 Å². The van der Waals surface area contributed by atoms with E-state index in [2.05, 4.69) is 21.4 Å². The van der Waals surface area contributed by atoms with Crippen LogP contribution in [-0.2, 0) is 21.7 Å². The highest BCUT2D eigenvalue weighted by atomic mass is 19.4. The maximum Gasteiger partial charge on any atom is 0.490 e. The second-order valence-electron chi connectivity index (χ2n) is 9.93. The van der Waals surface area contributed by atoms with Gasteiger partial charge in [-0.05, 0) is 50.8 Å². The number of imidazole rings is 1. The molecule has 2 N–H and O–H groups in total. The Labute approximate surface area is 225 Å². The zero-order valence-corrected chi connectivity index (χ0v) is 21.5. The fourth-order valence-electron chi connectivity index (χ4n) is 4.86. The maximum atomic E-state index is 13.7. The van der Waals surface area contributed by atoms with Gasteiger partial charge in [-0.1, -0.05) is 12.1 Å². The highest BCUT2D eigenvalue weighted by molar-refractivity contribution is 5.73. The molecule has 222 valence electrons. The van der Waals surface area contributed by atoms with E-state index in [1.54, 1.807) is 12.1 Å². The Morgan fingerprint density at radius 2 is 1.52 bits per heavy atom. The lowest BCUT2D eigenvalue weighted by atomic mass is 9.83. The molecule has 0 bridgehead atoms. The summed E-state index contributed by atoms with van der Waals surface area (Å²) < 4.78 is 79.5. The number of carboxylic acid groups (broad SMARTS) is 2. The minimum absolute atomic E-state index is 0.0316. The average molecular weight is 583 g/mol. The minimum Gasteiger partial charge on any atom is -0.475 e. The third-order valence-electron chi connectivity index (χ3n) is 7.16. The van der Waals surface area contributed by atoms with E-state index in [4.69, 9.17) is 24.8 Å². The zero-order valence-electron chi connectivity index (χ0n) is 21.5. The number of rotatable bonds is 3. The van der Waals surface area contributed by atoms with Crippen molar-refractivity contribution in [2.45, 2.75) is 50.1 Å². The molecule has 0 unspecified atom stereocenters. The van der Waals surface area contributed by atoms with Crippen molar-refractivity contribution in [3.8, 4) is 11.3 Å². The molecule has 1 aromatic heterocycles. The second kappa shape index (κ2) is 12.1. The number of carboxylic acids is 2. The molecule has 1 aliphatic carbocycles. The number of likely N-dealkylation sites (tertiary alicyclic amines) is 1. The minimum atomic E-state index is -5.08. The van der Waals surface area contributed by atoms with Gasteiger partial charge in [0.25, 0.3) is 0 Å². The Hall–Kier alpha value is -3.20. The van der Waals surface area contributed by atoms with Gasteiger partial charge in [0.15, 0.2) is 0 Å². The number of halogens is 7. The van der Waals surface area contributed by atoms with Crippen molar-refractivity contribution in [3.63, 3.8) is 0 Å². The molecule has 5 rings (SSSR count). The van der Waals surface area contributed by atoms with Gasteiger partial charge in [0.05, 0.1) is 17.4 Å². The van der Waals surface area contributed by atoms with E-state index >= 15 is 0 Å². The van der Waals surface area contributed by atoms with Crippen LogP contribution in [0, 0.1) is 11.7 Å². The predicted octanol–water partition coefficient (Wildman–Crippen LogP) is 4.60. The van der Waals surface area contributed by atoms with Crippen LogP contribution in [0.5, 0.6) is 0 Å². The Morgan fingerprint density at radius 1 is 0.975 bits per heavy atom. The molecule has 2 aliphatic heterocycles. The van der Waals surface area contributed by atoms with Crippen LogP contribution in [0.4, 0.5) is 30.7 Å². The highest BCUT2D eigenvalue weighted by Gasteiger charge is 2.46. The van der Waals surface area contributed by atoms with Crippen LogP contribution < -0.4 is 0 Å². The van der Waals surface area contributed by atoms with Gasteiger partial charge in [0.1, 0.15) is 11.6 Å². The van der Waals surface area contributed by atoms with Gasteiger partial charge in [-0.15, -0.1) is 0 Å². The molecule has 3 heterocycles. The van der Waals surface area contributed by atoms with Crippen molar-refractivity contribution in [1.29, 1.82) is 0 Å². The summed E-state index contributed by atoms with van der Waals surface area (Å²) in [4.78, 5) is 27.8. The molecule has 2 aromatic rings. The standard InChI is InChI=1S/C21H27FN4.2C2HF3O2/c1-24-11-12-26-19(17-3-2-4-18(22)13-17)14-23-20(26)21(24)7-9-25(10-8-21)15-16-5-6-16;2*3-2(4,5)1(6)7/h2-4,13-14,16H,5-12,15H2,1H3;2*(H,6,7). The number of aromatic nitrogens is 2. The summed E-state index contributed by atoms with van der Waals surface area (Å²) in [6.07, 6.45) is -3.11. The van der Waals surface area contributed by atoms with Crippen LogP contribution in [0.2, 0.25) is 0 Å². The summed E-state index contributed by atoms with van der Waals surface area (Å²) in [6, 6.07) is 6.89. The SMILES string of the molecule is CN1CCn2c(-c3cccc(F)c3)cnc2C12CCN(CC1CC1)CC2.O=C(O)C(F)(F)F.O=C(O)C(F)(F)F. The van der Waals surface area contributed by atoms with Gasteiger partial charge in [0.2, 0.25) is 0 Å². The number of hydrogen-bond acceptors (Lipinski definition) is 5. The number of carbonyl (C=O) groups is 2. The van der Waals surface area contributed by atoms with E-state index in [-0.39, 0.29) is 11.4 Å². The monoisotopic (exact) mass is 582 g/mol. The number of alkyl halides is 6. The molecule has 0 atom stereocenters. The highest BCUT2D eigenvalue weighted by Crippen LogP contribution is 2.42. The Kier molecular flexibility index (Phi) is 9.50. The fourth-order valence-corrected chi connectivity index (χ4v) is 4.86. The number of aliphatic carboxylic acids is 2. The molecule has 0 radical (unpaired) electrons. The lowest BCUT2D eigenvalue weighted by Gasteiger charge is -2.49. The molecular weight excluding hydrogens is 553 g/mol. The van der Waals surface area contributed by atoms with E-state index in [0.717, 1.165) is 56.2 Å². The first kappa shape index (κ1) is 31.3. The van der Waals surface area contributed by atoms with E-state index in [0.29, 0.717) is 0 Å². The summed E-state index contributed by atoms with van der Waals surface area (Å²) in [6.45, 7) is 5.54. The first-order valence-electron chi connectivity index (χ1n) is 12.4. The molecule has 1 saturated carbocycles. The van der Waals surface area contributed by atoms with Crippen LogP contribution in [-0.4, -0.2) is 87.1 Å². The fraction of sp³-hybridized carbons (Fsp3) is 0.560. The van der Waals surface area contributed by atoms with E-state index in [1.165, 1.54) is 31.3 Å². The first-order valence-corrected chi connectivity index (χ1v) is 12.4. The predicted molar refractivity (Wildman–Crippen MR) is 128 cm³/mol. The van der Waals surface area contributed by atoms with Crippen LogP contribution >= 0.6 is 0 Å². The summed E-state index contributed by atoms with van der Waals surface area (Å²) >= 11 is 0. The van der Waals surface area contributed by atoms with Crippen LogP contribution in [0.25, 0.3) is 11.3 Å². The van der Waals surface area contributed by atoms with Crippen molar-refractivity contribution in [3.05, 3.63) is 42.1 Å². The first-order chi connectivity index (χ1) is 18.5. The largest absolute Gasteiger partial charge is 0.490 e. The van der Waals surface area contributed by atoms with Gasteiger partial charge in [-0.25, -0.2) is 19.0 Å². The van der Waals surface area contributed by atoms with E-state index < -0.39 is 24.3 Å². The number of piperidine rings is 1. The third-order valence-corrected chi connectivity index (χ3v) is 7.16. The molecular formula is C25H29F7N4O4. The smallest absolute Gasteiger partial charge is 0.475 e. The summed E-state index contributed by atoms with van der Waals surface area (Å²) in [5, 5.41) is 14.2. The maximum absolute atomic E-state index is 13.7. The summed E-state index contributed by atoms with van der Waals surface area (Å²) in [5.41, 5.74) is 2.01. The molecule has 1 saturated heterocycles. The number of likely N-dealkylation sites (N-methyl/N-ethyl adjacent to an activating group) is 1. The molecule has 3 aliphatic rings. The van der Waals surface area contributed by atoms with E-state index in [1.807, 2.05) is 12.3 Å². The Balaban J connectivity index is 0.000000263. The van der Waals surface area contributed by atoms with Crippen molar-refractivity contribution in [2.75, 3.05) is 33.2 Å². The van der Waals surface area contributed by atoms with Crippen molar-refractivity contribution >= 4 is 11.9 Å². The normalized spacial score (nSPS) is 19.1. The lowest BCUT2D eigenvalue weighted by Crippen LogP contribution is -2.56. The Bertz CT molecular complexity index is 1160. The number of hydrogen-bond donors (Lipinski definition) is 2. The number of benzene rings is 1. The molecule has 2 fully saturated rings. The quantitative estimate of drug-likeness (QED) is 0.511. The van der Waals surface area contributed by atoms with Gasteiger partial charge in [-0.2, -0.15) is 26.3 Å². The molecule has 15 heteroatoms. The average Bonchev–Trinajstić information content (AvgIpc) is 3.57. The molecule has 1 aromatic carbocycles. The molecule has 40 heavy (non-hydrogen) atoms. The number of fused-ring (bicyclic) bond motifs is 2. The topological polar surface area (TPSA) is 98.9 Å². The van der Waals surface area contributed by atoms with Crippen molar-refractivity contribution < 1.29 is 50.5 Å². The number of nitrogens with zero attached hydrogens (tertiary/aromatic N) is 4. The van der Waals surface area contributed by atoms with Crippen LogP contribution in [0.1, 0.15) is 31.5 Å². The third kappa shape index (κ3) is 7.71. The summed E-state index contributed by atoms with van der Waals surface area (Å²) in [5.74, 6) is -3.57. The van der Waals surface area contributed by atoms with Gasteiger partial charge < -0.3 is 19.7 Å². The second-order valence-corrected chi connectivity index (χ2v) is 9.93. The van der Waals surface area contributed by atoms with Crippen molar-refractivity contribution in [2.24, 2.45) is 5.92 Å². The van der Waals surface area contributed by atoms with Gasteiger partial charge in [0, 0.05) is 38.3 Å². The van der Waals surface area contributed by atoms with Crippen LogP contribution in [0.15, 0.2) is 30.5 Å².